The summed E-state index contributed by atoms with van der Waals surface area (Å²) in [5.41, 5.74) is -2.36. The van der Waals surface area contributed by atoms with E-state index in [1.165, 1.54) is 24.3 Å². The fourth-order valence-electron chi connectivity index (χ4n) is 1.79. The van der Waals surface area contributed by atoms with E-state index in [0.29, 0.717) is 6.07 Å². The van der Waals surface area contributed by atoms with Gasteiger partial charge in [-0.3, -0.25) is 4.79 Å². The Bertz CT molecular complexity index is 860. The molecule has 0 saturated carbocycles. The molecule has 1 amide bonds. The summed E-state index contributed by atoms with van der Waals surface area (Å²) in [6.07, 6.45) is -6.57. The van der Waals surface area contributed by atoms with Gasteiger partial charge in [-0.25, -0.2) is 4.79 Å². The van der Waals surface area contributed by atoms with Crippen LogP contribution in [0.25, 0.3) is 0 Å². The highest BCUT2D eigenvalue weighted by Gasteiger charge is 2.74. The van der Waals surface area contributed by atoms with Crippen LogP contribution in [0.4, 0.5) is 36.4 Å². The number of alkyl halides is 7. The van der Waals surface area contributed by atoms with Crippen molar-refractivity contribution >= 4 is 11.6 Å². The molecule has 1 aromatic heterocycles. The first-order valence-corrected chi connectivity index (χ1v) is 6.71. The molecule has 0 aliphatic heterocycles. The van der Waals surface area contributed by atoms with Gasteiger partial charge in [0.15, 0.2) is 5.76 Å². The normalized spacial score (nSPS) is 12.7. The number of hydrogen-bond donors (Lipinski definition) is 1. The van der Waals surface area contributed by atoms with Gasteiger partial charge in [0.25, 0.3) is 5.91 Å². The van der Waals surface area contributed by atoms with Gasteiger partial charge in [0.05, 0.1) is 0 Å². The maximum absolute atomic E-state index is 13.5. The Morgan fingerprint density at radius 1 is 0.885 bits per heavy atom. The fraction of sp³-hybridized carbons (Fsp3) is 0.200. The third-order valence-electron chi connectivity index (χ3n) is 3.17. The van der Waals surface area contributed by atoms with Crippen LogP contribution in [0, 0.1) is 0 Å². The number of benzene rings is 1. The van der Waals surface area contributed by atoms with Gasteiger partial charge in [-0.2, -0.15) is 30.7 Å². The summed E-state index contributed by atoms with van der Waals surface area (Å²) >= 11 is 0. The fourth-order valence-corrected chi connectivity index (χ4v) is 1.79. The van der Waals surface area contributed by atoms with E-state index in [1.807, 2.05) is 5.32 Å². The molecule has 0 aliphatic rings. The molecule has 11 heteroatoms. The first kappa shape index (κ1) is 19.5. The zero-order valence-electron chi connectivity index (χ0n) is 12.4. The van der Waals surface area contributed by atoms with Gasteiger partial charge >= 0.3 is 23.6 Å². The number of carbonyl (C=O) groups excluding carboxylic acids is 1. The van der Waals surface area contributed by atoms with E-state index in [1.54, 1.807) is 6.07 Å². The predicted octanol–water partition coefficient (Wildman–Crippen LogP) is 4.18. The highest BCUT2D eigenvalue weighted by atomic mass is 19.4. The molecular weight excluding hydrogens is 375 g/mol. The van der Waals surface area contributed by atoms with Gasteiger partial charge in [-0.1, -0.05) is 18.2 Å². The van der Waals surface area contributed by atoms with Crippen molar-refractivity contribution in [2.45, 2.75) is 18.0 Å². The largest absolute Gasteiger partial charge is 0.460 e. The van der Waals surface area contributed by atoms with E-state index < -0.39 is 41.0 Å². The van der Waals surface area contributed by atoms with Gasteiger partial charge in [-0.15, -0.1) is 0 Å². The Balaban J connectivity index is 2.33. The van der Waals surface area contributed by atoms with E-state index in [4.69, 9.17) is 0 Å². The Morgan fingerprint density at radius 2 is 1.46 bits per heavy atom. The van der Waals surface area contributed by atoms with Crippen LogP contribution in [0.3, 0.4) is 0 Å². The highest BCUT2D eigenvalue weighted by molar-refractivity contribution is 6.04. The zero-order chi connectivity index (χ0) is 19.8. The second-order valence-electron chi connectivity index (χ2n) is 4.97. The van der Waals surface area contributed by atoms with Crippen LogP contribution in [0.1, 0.15) is 16.1 Å². The van der Waals surface area contributed by atoms with Crippen LogP contribution >= 0.6 is 0 Å². The van der Waals surface area contributed by atoms with E-state index in [9.17, 15) is 40.3 Å². The maximum Gasteiger partial charge on any atom is 0.460 e. The molecule has 1 heterocycles. The molecule has 0 spiro atoms. The number of rotatable bonds is 4. The van der Waals surface area contributed by atoms with Crippen LogP contribution in [0.5, 0.6) is 0 Å². The lowest BCUT2D eigenvalue weighted by molar-refractivity contribution is -0.363. The minimum absolute atomic E-state index is 0.0572. The van der Waals surface area contributed by atoms with Crippen molar-refractivity contribution in [2.24, 2.45) is 0 Å². The van der Waals surface area contributed by atoms with Gasteiger partial charge in [0.1, 0.15) is 5.69 Å². The summed E-state index contributed by atoms with van der Waals surface area (Å²) in [5.74, 6) is -15.3. The average molecular weight is 383 g/mol. The van der Waals surface area contributed by atoms with Crippen LogP contribution < -0.4 is 10.9 Å². The van der Waals surface area contributed by atoms with E-state index in [-0.39, 0.29) is 11.6 Å². The summed E-state index contributed by atoms with van der Waals surface area (Å²) in [7, 11) is 0. The van der Waals surface area contributed by atoms with Crippen molar-refractivity contribution in [3.05, 3.63) is 64.2 Å². The lowest BCUT2D eigenvalue weighted by Crippen LogP contribution is -2.50. The molecule has 2 rings (SSSR count). The van der Waals surface area contributed by atoms with Crippen molar-refractivity contribution in [1.82, 2.24) is 0 Å². The van der Waals surface area contributed by atoms with E-state index >= 15 is 0 Å². The first-order chi connectivity index (χ1) is 11.9. The smallest absolute Gasteiger partial charge is 0.420 e. The SMILES string of the molecule is O=C(Nc1ccc(C(F)(F)C(F)(F)C(F)(F)F)oc1=O)c1ccccc1. The predicted molar refractivity (Wildman–Crippen MR) is 74.3 cm³/mol. The molecule has 0 aliphatic carbocycles. The van der Waals surface area contributed by atoms with Crippen LogP contribution in [-0.2, 0) is 5.92 Å². The summed E-state index contributed by atoms with van der Waals surface area (Å²) in [6.45, 7) is 0. The van der Waals surface area contributed by atoms with E-state index in [0.717, 1.165) is 0 Å². The number of halogens is 7. The van der Waals surface area contributed by atoms with Crippen molar-refractivity contribution in [3.8, 4) is 0 Å². The molecule has 0 unspecified atom stereocenters. The van der Waals surface area contributed by atoms with Crippen molar-refractivity contribution < 1.29 is 39.9 Å². The molecule has 0 fully saturated rings. The molecule has 26 heavy (non-hydrogen) atoms. The molecule has 0 saturated heterocycles. The number of nitrogens with one attached hydrogen (secondary N) is 1. The Kier molecular flexibility index (Phi) is 4.84. The van der Waals surface area contributed by atoms with E-state index in [2.05, 4.69) is 4.42 Å². The maximum atomic E-state index is 13.5. The van der Waals surface area contributed by atoms with Crippen molar-refractivity contribution in [1.29, 1.82) is 0 Å². The highest BCUT2D eigenvalue weighted by Crippen LogP contribution is 2.51. The van der Waals surface area contributed by atoms with Gasteiger partial charge < -0.3 is 9.73 Å². The van der Waals surface area contributed by atoms with Crippen LogP contribution in [-0.4, -0.2) is 18.0 Å². The lowest BCUT2D eigenvalue weighted by atomic mass is 10.1. The number of carbonyl (C=O) groups is 1. The summed E-state index contributed by atoms with van der Waals surface area (Å²) in [6, 6.07) is 7.76. The number of hydrogen-bond acceptors (Lipinski definition) is 3. The first-order valence-electron chi connectivity index (χ1n) is 6.71. The minimum Gasteiger partial charge on any atom is -0.420 e. The number of anilines is 1. The Morgan fingerprint density at radius 3 is 1.96 bits per heavy atom. The standard InChI is InChI=1S/C15H8F7NO3/c16-13(17,14(18,19)15(20,21)22)10-7-6-9(12(25)26-10)23-11(24)8-4-2-1-3-5-8/h1-7H,(H,23,24). The van der Waals surface area contributed by atoms with Gasteiger partial charge in [0.2, 0.25) is 0 Å². The quantitative estimate of drug-likeness (QED) is 0.806. The molecule has 4 nitrogen and oxygen atoms in total. The van der Waals surface area contributed by atoms with Crippen LogP contribution in [0.2, 0.25) is 0 Å². The molecule has 0 radical (unpaired) electrons. The third kappa shape index (κ3) is 3.41. The van der Waals surface area contributed by atoms with Crippen LogP contribution in [0.15, 0.2) is 51.7 Å². The monoisotopic (exact) mass is 383 g/mol. The molecule has 2 aromatic rings. The molecular formula is C15H8F7NO3. The van der Waals surface area contributed by atoms with Gasteiger partial charge in [-0.05, 0) is 24.3 Å². The summed E-state index contributed by atoms with van der Waals surface area (Å²) in [4.78, 5) is 23.4. The minimum atomic E-state index is -6.57. The molecule has 0 bridgehead atoms. The van der Waals surface area contributed by atoms with Gasteiger partial charge in [0, 0.05) is 5.56 Å². The zero-order valence-corrected chi connectivity index (χ0v) is 12.4. The molecule has 1 N–H and O–H groups in total. The Hall–Kier alpha value is -2.85. The topological polar surface area (TPSA) is 59.3 Å². The molecule has 0 atom stereocenters. The average Bonchev–Trinajstić information content (AvgIpc) is 2.56. The summed E-state index contributed by atoms with van der Waals surface area (Å²) in [5, 5.41) is 1.97. The molecule has 1 aromatic carbocycles. The number of amides is 1. The lowest BCUT2D eigenvalue weighted by Gasteiger charge is -2.27. The second kappa shape index (κ2) is 6.46. The Labute approximate surface area is 140 Å². The third-order valence-corrected chi connectivity index (χ3v) is 3.17. The van der Waals surface area contributed by atoms with Crippen molar-refractivity contribution in [2.75, 3.05) is 5.32 Å². The second-order valence-corrected chi connectivity index (χ2v) is 4.97. The molecule has 140 valence electrons. The van der Waals surface area contributed by atoms with Crippen molar-refractivity contribution in [3.63, 3.8) is 0 Å². The summed E-state index contributed by atoms with van der Waals surface area (Å²) < 4.78 is 93.2.